The molecular formula is C11H22N2O3. The first-order chi connectivity index (χ1) is 7.57. The maximum atomic E-state index is 10.5. The highest BCUT2D eigenvalue weighted by atomic mass is 16.4. The van der Waals surface area contributed by atoms with Gasteiger partial charge in [0, 0.05) is 13.1 Å². The molecule has 0 aliphatic rings. The van der Waals surface area contributed by atoms with E-state index >= 15 is 0 Å². The van der Waals surface area contributed by atoms with E-state index in [0.29, 0.717) is 25.4 Å². The van der Waals surface area contributed by atoms with Crippen molar-refractivity contribution in [1.29, 1.82) is 0 Å². The smallest absolute Gasteiger partial charge is 0.320 e. The van der Waals surface area contributed by atoms with Crippen molar-refractivity contribution < 1.29 is 15.0 Å². The zero-order valence-corrected chi connectivity index (χ0v) is 9.99. The molecule has 0 heterocycles. The highest BCUT2D eigenvalue weighted by Gasteiger charge is 2.07. The first-order valence-corrected chi connectivity index (χ1v) is 5.62. The second kappa shape index (κ2) is 9.18. The Kier molecular flexibility index (Phi) is 8.56. The number of carboxylic acid groups (broad SMARTS) is 1. The Morgan fingerprint density at radius 1 is 1.38 bits per heavy atom. The molecule has 5 nitrogen and oxygen atoms in total. The summed E-state index contributed by atoms with van der Waals surface area (Å²) in [5, 5.41) is 23.8. The van der Waals surface area contributed by atoms with Crippen molar-refractivity contribution >= 4 is 5.97 Å². The monoisotopic (exact) mass is 230 g/mol. The number of unbranched alkanes of at least 4 members (excludes halogenated alkanes) is 1. The summed E-state index contributed by atoms with van der Waals surface area (Å²) in [5.74, 6) is -0.515. The minimum Gasteiger partial charge on any atom is -0.511 e. The van der Waals surface area contributed by atoms with Crippen LogP contribution in [0.4, 0.5) is 0 Å². The van der Waals surface area contributed by atoms with Gasteiger partial charge in [0.15, 0.2) is 0 Å². The molecule has 0 saturated carbocycles. The van der Waals surface area contributed by atoms with E-state index in [1.165, 1.54) is 0 Å². The fourth-order valence-electron chi connectivity index (χ4n) is 1.06. The first-order valence-electron chi connectivity index (χ1n) is 5.62. The van der Waals surface area contributed by atoms with E-state index in [2.05, 4.69) is 17.6 Å². The average Bonchev–Trinajstić information content (AvgIpc) is 2.25. The van der Waals surface area contributed by atoms with Crippen LogP contribution in [0.1, 0.15) is 26.7 Å². The summed E-state index contributed by atoms with van der Waals surface area (Å²) in [6, 6.07) is -0.536. The molecule has 16 heavy (non-hydrogen) atoms. The number of aliphatic carboxylic acids is 1. The minimum atomic E-state index is -0.856. The highest BCUT2D eigenvalue weighted by molar-refractivity contribution is 5.72. The van der Waals surface area contributed by atoms with E-state index in [9.17, 15) is 9.90 Å². The van der Waals surface area contributed by atoms with Crippen molar-refractivity contribution in [1.82, 2.24) is 10.6 Å². The molecule has 1 unspecified atom stereocenters. The van der Waals surface area contributed by atoms with Crippen LogP contribution in [0.3, 0.4) is 0 Å². The van der Waals surface area contributed by atoms with Crippen molar-refractivity contribution in [2.75, 3.05) is 19.6 Å². The standard InChI is InChI=1S/C11H22N2O3/c1-3-4-5-10(14)8-12-6-7-13-9(2)11(15)16/h5,9,12-14H,3-4,6-8H2,1-2H3,(H,15,16)/b10-5-. The zero-order valence-electron chi connectivity index (χ0n) is 9.99. The molecule has 1 atom stereocenters. The van der Waals surface area contributed by atoms with Crippen LogP contribution in [0.5, 0.6) is 0 Å². The number of carboxylic acids is 1. The van der Waals surface area contributed by atoms with Crippen LogP contribution < -0.4 is 10.6 Å². The summed E-state index contributed by atoms with van der Waals surface area (Å²) in [7, 11) is 0. The third kappa shape index (κ3) is 8.26. The Morgan fingerprint density at radius 3 is 2.62 bits per heavy atom. The van der Waals surface area contributed by atoms with Gasteiger partial charge in [-0.3, -0.25) is 4.79 Å². The van der Waals surface area contributed by atoms with Crippen LogP contribution in [-0.4, -0.2) is 41.9 Å². The lowest BCUT2D eigenvalue weighted by atomic mass is 10.3. The summed E-state index contributed by atoms with van der Waals surface area (Å²) >= 11 is 0. The van der Waals surface area contributed by atoms with E-state index in [-0.39, 0.29) is 0 Å². The molecule has 0 spiro atoms. The molecule has 0 aliphatic carbocycles. The van der Waals surface area contributed by atoms with Crippen LogP contribution in [0.2, 0.25) is 0 Å². The van der Waals surface area contributed by atoms with Gasteiger partial charge in [0.25, 0.3) is 0 Å². The second-order valence-corrected chi connectivity index (χ2v) is 3.67. The van der Waals surface area contributed by atoms with E-state index in [0.717, 1.165) is 12.8 Å². The quantitative estimate of drug-likeness (QED) is 0.349. The molecule has 0 saturated heterocycles. The van der Waals surface area contributed by atoms with Gasteiger partial charge in [-0.1, -0.05) is 13.3 Å². The predicted octanol–water partition coefficient (Wildman–Crippen LogP) is 0.881. The van der Waals surface area contributed by atoms with Gasteiger partial charge < -0.3 is 20.8 Å². The topological polar surface area (TPSA) is 81.6 Å². The van der Waals surface area contributed by atoms with Crippen LogP contribution in [0.25, 0.3) is 0 Å². The Morgan fingerprint density at radius 2 is 2.06 bits per heavy atom. The number of rotatable bonds is 9. The molecule has 0 rings (SSSR count). The predicted molar refractivity (Wildman–Crippen MR) is 63.6 cm³/mol. The van der Waals surface area contributed by atoms with Gasteiger partial charge in [-0.25, -0.2) is 0 Å². The molecule has 4 N–H and O–H groups in total. The summed E-state index contributed by atoms with van der Waals surface area (Å²) in [6.45, 7) is 5.27. The third-order valence-electron chi connectivity index (χ3n) is 2.10. The van der Waals surface area contributed by atoms with Crippen molar-refractivity contribution in [3.8, 4) is 0 Å². The van der Waals surface area contributed by atoms with Gasteiger partial charge in [0.2, 0.25) is 0 Å². The molecule has 94 valence electrons. The van der Waals surface area contributed by atoms with Gasteiger partial charge in [0.1, 0.15) is 11.8 Å². The van der Waals surface area contributed by atoms with Gasteiger partial charge in [-0.15, -0.1) is 0 Å². The number of carbonyl (C=O) groups is 1. The second-order valence-electron chi connectivity index (χ2n) is 3.67. The lowest BCUT2D eigenvalue weighted by molar-refractivity contribution is -0.138. The minimum absolute atomic E-state index is 0.341. The summed E-state index contributed by atoms with van der Waals surface area (Å²) < 4.78 is 0. The molecule has 0 fully saturated rings. The van der Waals surface area contributed by atoms with Crippen LogP contribution in [0, 0.1) is 0 Å². The highest BCUT2D eigenvalue weighted by Crippen LogP contribution is 1.93. The van der Waals surface area contributed by atoms with Crippen molar-refractivity contribution in [3.63, 3.8) is 0 Å². The van der Waals surface area contributed by atoms with Gasteiger partial charge in [-0.05, 0) is 19.4 Å². The molecule has 0 radical (unpaired) electrons. The molecule has 0 amide bonds. The normalized spacial score (nSPS) is 13.8. The molecule has 0 aromatic carbocycles. The molecule has 5 heteroatoms. The molecule has 0 aromatic heterocycles. The van der Waals surface area contributed by atoms with Gasteiger partial charge >= 0.3 is 5.97 Å². The Balaban J connectivity index is 3.43. The fraction of sp³-hybridized carbons (Fsp3) is 0.727. The number of hydrogen-bond acceptors (Lipinski definition) is 4. The van der Waals surface area contributed by atoms with E-state index < -0.39 is 12.0 Å². The van der Waals surface area contributed by atoms with E-state index in [4.69, 9.17) is 5.11 Å². The Hall–Kier alpha value is -1.07. The Bertz CT molecular complexity index is 229. The summed E-state index contributed by atoms with van der Waals surface area (Å²) in [6.07, 6.45) is 3.68. The summed E-state index contributed by atoms with van der Waals surface area (Å²) in [5.41, 5.74) is 0. The molecular weight excluding hydrogens is 208 g/mol. The van der Waals surface area contributed by atoms with Crippen LogP contribution >= 0.6 is 0 Å². The number of nitrogens with one attached hydrogen (secondary N) is 2. The molecule has 0 aromatic rings. The van der Waals surface area contributed by atoms with Gasteiger partial charge in [0.05, 0.1) is 6.54 Å². The van der Waals surface area contributed by atoms with Crippen molar-refractivity contribution in [3.05, 3.63) is 11.8 Å². The lowest BCUT2D eigenvalue weighted by Crippen LogP contribution is -2.38. The number of aliphatic hydroxyl groups excluding tert-OH is 1. The number of aliphatic hydroxyl groups is 1. The average molecular weight is 230 g/mol. The number of hydrogen-bond donors (Lipinski definition) is 4. The van der Waals surface area contributed by atoms with Crippen LogP contribution in [0.15, 0.2) is 11.8 Å². The maximum Gasteiger partial charge on any atom is 0.320 e. The zero-order chi connectivity index (χ0) is 12.4. The first kappa shape index (κ1) is 14.9. The largest absolute Gasteiger partial charge is 0.511 e. The maximum absolute atomic E-state index is 10.5. The third-order valence-corrected chi connectivity index (χ3v) is 2.10. The van der Waals surface area contributed by atoms with E-state index in [1.807, 2.05) is 0 Å². The van der Waals surface area contributed by atoms with Crippen molar-refractivity contribution in [2.24, 2.45) is 0 Å². The number of allylic oxidation sites excluding steroid dienone is 1. The summed E-state index contributed by atoms with van der Waals surface area (Å²) in [4.78, 5) is 10.5. The van der Waals surface area contributed by atoms with E-state index in [1.54, 1.807) is 13.0 Å². The fourth-order valence-corrected chi connectivity index (χ4v) is 1.06. The molecule has 0 aliphatic heterocycles. The Labute approximate surface area is 96.5 Å². The lowest BCUT2D eigenvalue weighted by Gasteiger charge is -2.09. The SMILES string of the molecule is CCC/C=C(\O)CNCCNC(C)C(=O)O. The van der Waals surface area contributed by atoms with Crippen LogP contribution in [-0.2, 0) is 4.79 Å². The van der Waals surface area contributed by atoms with Crippen molar-refractivity contribution in [2.45, 2.75) is 32.7 Å². The molecule has 0 bridgehead atoms. The van der Waals surface area contributed by atoms with Gasteiger partial charge in [-0.2, -0.15) is 0 Å².